The van der Waals surface area contributed by atoms with Crippen molar-refractivity contribution in [2.24, 2.45) is 0 Å². The van der Waals surface area contributed by atoms with Gasteiger partial charge in [0.1, 0.15) is 11.4 Å². The molecule has 1 aromatic carbocycles. The SMILES string of the molecule is CCCCCCCCCCCCCCCCCC(=O)OCC(C)(C)S(=O)(=O)CC(CC(=O)O)c1ccccc1. The highest BCUT2D eigenvalue weighted by atomic mass is 32.2. The quantitative estimate of drug-likeness (QED) is 0.0999. The number of esters is 1. The molecule has 0 spiro atoms. The molecule has 0 aliphatic carbocycles. The molecule has 1 aromatic rings. The fourth-order valence-electron chi connectivity index (χ4n) is 4.76. The molecular formula is C32H54O6S. The molecule has 224 valence electrons. The molecule has 0 aliphatic heterocycles. The van der Waals surface area contributed by atoms with Crippen molar-refractivity contribution in [3.8, 4) is 0 Å². The molecule has 0 fully saturated rings. The van der Waals surface area contributed by atoms with Crippen LogP contribution in [0.15, 0.2) is 30.3 Å². The van der Waals surface area contributed by atoms with Crippen molar-refractivity contribution in [3.63, 3.8) is 0 Å². The molecule has 0 aliphatic rings. The second kappa shape index (κ2) is 20.1. The van der Waals surface area contributed by atoms with Gasteiger partial charge in [0.05, 0.1) is 12.2 Å². The molecule has 0 radical (unpaired) electrons. The smallest absolute Gasteiger partial charge is 0.305 e. The Bertz CT molecular complexity index is 894. The van der Waals surface area contributed by atoms with Crippen LogP contribution >= 0.6 is 0 Å². The number of sulfone groups is 1. The van der Waals surface area contributed by atoms with Crippen molar-refractivity contribution in [1.29, 1.82) is 0 Å². The standard InChI is InChI=1S/C32H54O6S/c1-4-5-6-7-8-9-10-11-12-13-14-15-16-17-21-24-31(35)38-27-32(2,3)39(36,37)26-29(25-30(33)34)28-22-19-18-20-23-28/h18-20,22-23,29H,4-17,21,24-27H2,1-3H3,(H,33,34). The number of carboxylic acid groups (broad SMARTS) is 1. The van der Waals surface area contributed by atoms with Crippen LogP contribution in [0.5, 0.6) is 0 Å². The van der Waals surface area contributed by atoms with Crippen LogP contribution in [0, 0.1) is 0 Å². The molecule has 1 unspecified atom stereocenters. The van der Waals surface area contributed by atoms with E-state index < -0.39 is 26.5 Å². The van der Waals surface area contributed by atoms with E-state index in [0.29, 0.717) is 12.0 Å². The molecule has 7 heteroatoms. The Hall–Kier alpha value is -1.89. The van der Waals surface area contributed by atoms with E-state index in [2.05, 4.69) is 6.92 Å². The molecule has 0 amide bonds. The number of benzene rings is 1. The summed E-state index contributed by atoms with van der Waals surface area (Å²) >= 11 is 0. The van der Waals surface area contributed by atoms with Gasteiger partial charge in [-0.1, -0.05) is 127 Å². The first-order valence-corrected chi connectivity index (χ1v) is 16.9. The van der Waals surface area contributed by atoms with E-state index in [9.17, 15) is 23.1 Å². The third-order valence-corrected chi connectivity index (χ3v) is 10.2. The minimum absolute atomic E-state index is 0.235. The first-order valence-electron chi connectivity index (χ1n) is 15.2. The molecule has 1 rings (SSSR count). The average Bonchev–Trinajstić information content (AvgIpc) is 2.89. The van der Waals surface area contributed by atoms with Crippen molar-refractivity contribution in [2.75, 3.05) is 12.4 Å². The average molecular weight is 567 g/mol. The number of ether oxygens (including phenoxy) is 1. The summed E-state index contributed by atoms with van der Waals surface area (Å²) in [4.78, 5) is 23.6. The second-order valence-electron chi connectivity index (χ2n) is 11.6. The number of aliphatic carboxylic acids is 1. The van der Waals surface area contributed by atoms with Crippen molar-refractivity contribution in [2.45, 2.75) is 141 Å². The zero-order valence-corrected chi connectivity index (χ0v) is 25.6. The van der Waals surface area contributed by atoms with Crippen LogP contribution in [-0.2, 0) is 24.2 Å². The molecule has 6 nitrogen and oxygen atoms in total. The van der Waals surface area contributed by atoms with E-state index in [1.807, 2.05) is 0 Å². The highest BCUT2D eigenvalue weighted by Gasteiger charge is 2.38. The molecule has 0 bridgehead atoms. The summed E-state index contributed by atoms with van der Waals surface area (Å²) in [6.07, 6.45) is 18.8. The van der Waals surface area contributed by atoms with Gasteiger partial charge in [-0.05, 0) is 25.8 Å². The van der Waals surface area contributed by atoms with Gasteiger partial charge in [-0.25, -0.2) is 8.42 Å². The minimum atomic E-state index is -3.74. The lowest BCUT2D eigenvalue weighted by Crippen LogP contribution is -2.41. The van der Waals surface area contributed by atoms with Crippen molar-refractivity contribution >= 4 is 21.8 Å². The first-order chi connectivity index (χ1) is 18.6. The molecule has 0 aromatic heterocycles. The lowest BCUT2D eigenvalue weighted by atomic mass is 9.98. The fraction of sp³-hybridized carbons (Fsp3) is 0.750. The number of unbranched alkanes of at least 4 members (excludes halogenated alkanes) is 14. The Morgan fingerprint density at radius 1 is 0.795 bits per heavy atom. The molecule has 0 saturated carbocycles. The van der Waals surface area contributed by atoms with Crippen LogP contribution in [0.3, 0.4) is 0 Å². The Balaban J connectivity index is 2.21. The summed E-state index contributed by atoms with van der Waals surface area (Å²) < 4.78 is 30.4. The number of hydrogen-bond acceptors (Lipinski definition) is 5. The summed E-state index contributed by atoms with van der Waals surface area (Å²) in [6.45, 7) is 5.09. The largest absolute Gasteiger partial charge is 0.481 e. The molecule has 0 saturated heterocycles. The molecule has 1 atom stereocenters. The van der Waals surface area contributed by atoms with Crippen LogP contribution in [0.25, 0.3) is 0 Å². The number of carboxylic acids is 1. The zero-order chi connectivity index (χ0) is 29.0. The maximum absolute atomic E-state index is 13.2. The highest BCUT2D eigenvalue weighted by Crippen LogP contribution is 2.28. The van der Waals surface area contributed by atoms with Crippen LogP contribution in [-0.4, -0.2) is 42.6 Å². The van der Waals surface area contributed by atoms with Crippen molar-refractivity contribution < 1.29 is 27.9 Å². The van der Waals surface area contributed by atoms with Crippen LogP contribution in [0.2, 0.25) is 0 Å². The predicted octanol–water partition coefficient (Wildman–Crippen LogP) is 8.24. The van der Waals surface area contributed by atoms with E-state index >= 15 is 0 Å². The lowest BCUT2D eigenvalue weighted by molar-refractivity contribution is -0.144. The van der Waals surface area contributed by atoms with E-state index in [1.165, 1.54) is 90.9 Å². The Morgan fingerprint density at radius 3 is 1.72 bits per heavy atom. The number of carbonyl (C=O) groups excluding carboxylic acids is 1. The van der Waals surface area contributed by atoms with Gasteiger partial charge in [0.15, 0.2) is 9.84 Å². The van der Waals surface area contributed by atoms with Gasteiger partial charge in [0.2, 0.25) is 0 Å². The van der Waals surface area contributed by atoms with Gasteiger partial charge in [0.25, 0.3) is 0 Å². The van der Waals surface area contributed by atoms with E-state index in [0.717, 1.165) is 19.3 Å². The van der Waals surface area contributed by atoms with Crippen molar-refractivity contribution in [1.82, 2.24) is 0 Å². The maximum atomic E-state index is 13.2. The topological polar surface area (TPSA) is 97.7 Å². The molecule has 0 heterocycles. The monoisotopic (exact) mass is 566 g/mol. The predicted molar refractivity (Wildman–Crippen MR) is 160 cm³/mol. The third-order valence-electron chi connectivity index (χ3n) is 7.52. The molecule has 39 heavy (non-hydrogen) atoms. The molecule has 1 N–H and O–H groups in total. The first kappa shape index (κ1) is 35.1. The lowest BCUT2D eigenvalue weighted by Gasteiger charge is -2.27. The summed E-state index contributed by atoms with van der Waals surface area (Å²) in [7, 11) is -3.74. The summed E-state index contributed by atoms with van der Waals surface area (Å²) in [6, 6.07) is 8.82. The van der Waals surface area contributed by atoms with Crippen LogP contribution in [0.1, 0.15) is 141 Å². The molecular weight excluding hydrogens is 512 g/mol. The van der Waals surface area contributed by atoms with Gasteiger partial charge in [-0.15, -0.1) is 0 Å². The van der Waals surface area contributed by atoms with E-state index in [1.54, 1.807) is 30.3 Å². The maximum Gasteiger partial charge on any atom is 0.305 e. The fourth-order valence-corrected chi connectivity index (χ4v) is 6.29. The summed E-state index contributed by atoms with van der Waals surface area (Å²) in [5.74, 6) is -2.40. The van der Waals surface area contributed by atoms with E-state index in [-0.39, 0.29) is 24.7 Å². The van der Waals surface area contributed by atoms with Gasteiger partial charge < -0.3 is 9.84 Å². The van der Waals surface area contributed by atoms with Gasteiger partial charge >= 0.3 is 11.9 Å². The second-order valence-corrected chi connectivity index (χ2v) is 14.3. The van der Waals surface area contributed by atoms with Crippen LogP contribution in [0.4, 0.5) is 0 Å². The summed E-state index contributed by atoms with van der Waals surface area (Å²) in [5, 5.41) is 9.29. The Labute approximate surface area is 238 Å². The number of hydrogen-bond donors (Lipinski definition) is 1. The highest BCUT2D eigenvalue weighted by molar-refractivity contribution is 7.92. The summed E-state index contributed by atoms with van der Waals surface area (Å²) in [5.41, 5.74) is 0.671. The zero-order valence-electron chi connectivity index (χ0n) is 24.8. The number of carbonyl (C=O) groups is 2. The third kappa shape index (κ3) is 16.1. The van der Waals surface area contributed by atoms with Crippen LogP contribution < -0.4 is 0 Å². The number of rotatable bonds is 24. The Morgan fingerprint density at radius 2 is 1.26 bits per heavy atom. The minimum Gasteiger partial charge on any atom is -0.481 e. The van der Waals surface area contributed by atoms with Crippen molar-refractivity contribution in [3.05, 3.63) is 35.9 Å². The van der Waals surface area contributed by atoms with Gasteiger partial charge in [0, 0.05) is 12.3 Å². The normalized spacial score (nSPS) is 12.8. The van der Waals surface area contributed by atoms with Gasteiger partial charge in [-0.2, -0.15) is 0 Å². The van der Waals surface area contributed by atoms with E-state index in [4.69, 9.17) is 4.74 Å². The van der Waals surface area contributed by atoms with Gasteiger partial charge in [-0.3, -0.25) is 9.59 Å². The Kier molecular flexibility index (Phi) is 18.1.